The molecular formula is C16H19N3O3. The summed E-state index contributed by atoms with van der Waals surface area (Å²) >= 11 is 0. The number of imide groups is 1. The van der Waals surface area contributed by atoms with Gasteiger partial charge in [0.2, 0.25) is 5.91 Å². The maximum absolute atomic E-state index is 12.6. The predicted molar refractivity (Wildman–Crippen MR) is 80.5 cm³/mol. The fourth-order valence-electron chi connectivity index (χ4n) is 3.00. The predicted octanol–water partition coefficient (Wildman–Crippen LogP) is 0.493. The number of hydrogen-bond donors (Lipinski definition) is 1. The van der Waals surface area contributed by atoms with Crippen LogP contribution in [0.4, 0.5) is 0 Å². The minimum atomic E-state index is -0.773. The second-order valence-corrected chi connectivity index (χ2v) is 5.63. The molecule has 2 aliphatic heterocycles. The Morgan fingerprint density at radius 3 is 2.36 bits per heavy atom. The molecule has 6 nitrogen and oxygen atoms in total. The smallest absolute Gasteiger partial charge is 0.262 e. The molecule has 3 rings (SSSR count). The molecule has 0 spiro atoms. The van der Waals surface area contributed by atoms with Gasteiger partial charge in [0.15, 0.2) is 0 Å². The van der Waals surface area contributed by atoms with Gasteiger partial charge < -0.3 is 10.2 Å². The van der Waals surface area contributed by atoms with Crippen LogP contribution in [0, 0.1) is 0 Å². The number of hydrogen-bond acceptors (Lipinski definition) is 4. The van der Waals surface area contributed by atoms with E-state index in [1.165, 1.54) is 0 Å². The van der Waals surface area contributed by atoms with Crippen molar-refractivity contribution in [2.45, 2.75) is 19.4 Å². The summed E-state index contributed by atoms with van der Waals surface area (Å²) in [6, 6.07) is 5.93. The van der Waals surface area contributed by atoms with Gasteiger partial charge in [-0.3, -0.25) is 19.3 Å². The van der Waals surface area contributed by atoms with Crippen LogP contribution in [0.25, 0.3) is 0 Å². The maximum Gasteiger partial charge on any atom is 0.262 e. The summed E-state index contributed by atoms with van der Waals surface area (Å²) in [5.74, 6) is -0.929. The third-order valence-electron chi connectivity index (χ3n) is 4.22. The molecule has 1 atom stereocenters. The summed E-state index contributed by atoms with van der Waals surface area (Å²) in [5.41, 5.74) is 0.759. The largest absolute Gasteiger partial charge is 0.340 e. The van der Waals surface area contributed by atoms with Crippen molar-refractivity contribution in [1.29, 1.82) is 0 Å². The fraction of sp³-hybridized carbons (Fsp3) is 0.438. The number of rotatable bonds is 2. The van der Waals surface area contributed by atoms with E-state index in [0.29, 0.717) is 24.2 Å². The van der Waals surface area contributed by atoms with Crippen molar-refractivity contribution in [3.8, 4) is 0 Å². The summed E-state index contributed by atoms with van der Waals surface area (Å²) in [6.45, 7) is 4.50. The molecule has 3 amide bonds. The Kier molecular flexibility index (Phi) is 3.94. The van der Waals surface area contributed by atoms with Crippen molar-refractivity contribution in [3.63, 3.8) is 0 Å². The maximum atomic E-state index is 12.6. The molecule has 2 heterocycles. The highest BCUT2D eigenvalue weighted by molar-refractivity contribution is 6.22. The van der Waals surface area contributed by atoms with Crippen molar-refractivity contribution >= 4 is 17.7 Å². The van der Waals surface area contributed by atoms with Crippen LogP contribution in [0.15, 0.2) is 24.3 Å². The summed E-state index contributed by atoms with van der Waals surface area (Å²) in [6.07, 6.45) is 0.876. The number of carbonyl (C=O) groups is 3. The van der Waals surface area contributed by atoms with Crippen LogP contribution in [-0.4, -0.2) is 59.7 Å². The Hall–Kier alpha value is -2.21. The average molecular weight is 301 g/mol. The summed E-state index contributed by atoms with van der Waals surface area (Å²) in [7, 11) is 0. The van der Waals surface area contributed by atoms with E-state index in [9.17, 15) is 14.4 Å². The first kappa shape index (κ1) is 14.7. The lowest BCUT2D eigenvalue weighted by molar-refractivity contribution is -0.134. The molecule has 22 heavy (non-hydrogen) atoms. The molecule has 0 aliphatic carbocycles. The highest BCUT2D eigenvalue weighted by Crippen LogP contribution is 2.25. The van der Waals surface area contributed by atoms with Gasteiger partial charge in [-0.25, -0.2) is 0 Å². The molecule has 1 unspecified atom stereocenters. The van der Waals surface area contributed by atoms with Gasteiger partial charge >= 0.3 is 0 Å². The van der Waals surface area contributed by atoms with E-state index in [2.05, 4.69) is 5.32 Å². The Morgan fingerprint density at radius 2 is 1.73 bits per heavy atom. The Morgan fingerprint density at radius 1 is 1.09 bits per heavy atom. The zero-order valence-electron chi connectivity index (χ0n) is 12.5. The van der Waals surface area contributed by atoms with Gasteiger partial charge in [0, 0.05) is 19.6 Å². The normalized spacial score (nSPS) is 19.9. The van der Waals surface area contributed by atoms with Crippen LogP contribution in [0.3, 0.4) is 0 Å². The first-order valence-corrected chi connectivity index (χ1v) is 7.57. The average Bonchev–Trinajstić information content (AvgIpc) is 2.74. The number of nitrogens with one attached hydrogen (secondary N) is 1. The van der Waals surface area contributed by atoms with Gasteiger partial charge in [-0.1, -0.05) is 12.1 Å². The van der Waals surface area contributed by atoms with Crippen LogP contribution < -0.4 is 5.32 Å². The second kappa shape index (κ2) is 5.88. The zero-order chi connectivity index (χ0) is 15.7. The van der Waals surface area contributed by atoms with Gasteiger partial charge in [-0.2, -0.15) is 0 Å². The minimum absolute atomic E-state index is 0.168. The minimum Gasteiger partial charge on any atom is -0.340 e. The Balaban J connectivity index is 1.81. The van der Waals surface area contributed by atoms with Gasteiger partial charge in [0.25, 0.3) is 11.8 Å². The number of nitrogens with zero attached hydrogens (tertiary/aromatic N) is 2. The molecule has 1 saturated heterocycles. The van der Waals surface area contributed by atoms with Crippen LogP contribution >= 0.6 is 0 Å². The topological polar surface area (TPSA) is 69.7 Å². The van der Waals surface area contributed by atoms with Crippen molar-refractivity contribution in [2.24, 2.45) is 0 Å². The van der Waals surface area contributed by atoms with Crippen LogP contribution in [0.2, 0.25) is 0 Å². The van der Waals surface area contributed by atoms with E-state index in [0.717, 1.165) is 24.4 Å². The molecule has 0 aromatic heterocycles. The zero-order valence-corrected chi connectivity index (χ0v) is 12.5. The molecule has 2 aliphatic rings. The molecular weight excluding hydrogens is 282 g/mol. The lowest BCUT2D eigenvalue weighted by Gasteiger charge is -2.28. The lowest BCUT2D eigenvalue weighted by atomic mass is 10.1. The van der Waals surface area contributed by atoms with E-state index in [1.807, 2.05) is 0 Å². The van der Waals surface area contributed by atoms with Crippen LogP contribution in [0.5, 0.6) is 0 Å². The second-order valence-electron chi connectivity index (χ2n) is 5.63. The van der Waals surface area contributed by atoms with Gasteiger partial charge in [0.05, 0.1) is 11.1 Å². The monoisotopic (exact) mass is 301 g/mol. The molecule has 0 bridgehead atoms. The molecule has 0 radical (unpaired) electrons. The third kappa shape index (κ3) is 2.39. The van der Waals surface area contributed by atoms with E-state index in [4.69, 9.17) is 0 Å². The Bertz CT molecular complexity index is 586. The van der Waals surface area contributed by atoms with Gasteiger partial charge in [-0.05, 0) is 32.0 Å². The molecule has 1 N–H and O–H groups in total. The van der Waals surface area contributed by atoms with Crippen molar-refractivity contribution in [3.05, 3.63) is 35.4 Å². The van der Waals surface area contributed by atoms with E-state index in [1.54, 1.807) is 36.1 Å². The van der Waals surface area contributed by atoms with Crippen molar-refractivity contribution in [1.82, 2.24) is 15.1 Å². The van der Waals surface area contributed by atoms with E-state index >= 15 is 0 Å². The first-order chi connectivity index (χ1) is 10.6. The third-order valence-corrected chi connectivity index (χ3v) is 4.22. The molecule has 1 aromatic rings. The van der Waals surface area contributed by atoms with Crippen LogP contribution in [0.1, 0.15) is 34.1 Å². The first-order valence-electron chi connectivity index (χ1n) is 7.57. The van der Waals surface area contributed by atoms with Crippen molar-refractivity contribution < 1.29 is 14.4 Å². The summed E-state index contributed by atoms with van der Waals surface area (Å²) < 4.78 is 0. The number of amides is 3. The van der Waals surface area contributed by atoms with Gasteiger partial charge in [0.1, 0.15) is 6.04 Å². The van der Waals surface area contributed by atoms with E-state index in [-0.39, 0.29) is 17.7 Å². The number of fused-ring (bicyclic) bond motifs is 1. The highest BCUT2D eigenvalue weighted by Gasteiger charge is 2.41. The van der Waals surface area contributed by atoms with Gasteiger partial charge in [-0.15, -0.1) is 0 Å². The van der Waals surface area contributed by atoms with Crippen LogP contribution in [-0.2, 0) is 4.79 Å². The number of carbonyl (C=O) groups excluding carboxylic acids is 3. The fourth-order valence-corrected chi connectivity index (χ4v) is 3.00. The summed E-state index contributed by atoms with van der Waals surface area (Å²) in [5, 5.41) is 3.23. The van der Waals surface area contributed by atoms with Crippen molar-refractivity contribution in [2.75, 3.05) is 26.2 Å². The number of benzene rings is 1. The SMILES string of the molecule is CC(C(=O)N1CCCNCC1)N1C(=O)c2ccccc2C1=O. The molecule has 1 fully saturated rings. The highest BCUT2D eigenvalue weighted by atomic mass is 16.2. The standard InChI is InChI=1S/C16H19N3O3/c1-11(14(20)18-9-4-7-17-8-10-18)19-15(21)12-5-2-3-6-13(12)16(19)22/h2-3,5-6,11,17H,4,7-10H2,1H3. The van der Waals surface area contributed by atoms with E-state index < -0.39 is 6.04 Å². The molecule has 116 valence electrons. The Labute approximate surface area is 129 Å². The lowest BCUT2D eigenvalue weighted by Crippen LogP contribution is -2.50. The quantitative estimate of drug-likeness (QED) is 0.807. The molecule has 1 aromatic carbocycles. The molecule has 0 saturated carbocycles. The molecule has 6 heteroatoms. The summed E-state index contributed by atoms with van der Waals surface area (Å²) in [4.78, 5) is 40.3.